The van der Waals surface area contributed by atoms with E-state index in [1.54, 1.807) is 13.0 Å². The molecule has 0 atom stereocenters. The Morgan fingerprint density at radius 3 is 2.63 bits per heavy atom. The summed E-state index contributed by atoms with van der Waals surface area (Å²) in [5.41, 5.74) is 0.687. The summed E-state index contributed by atoms with van der Waals surface area (Å²) < 4.78 is 13.0. The van der Waals surface area contributed by atoms with E-state index in [-0.39, 0.29) is 5.91 Å². The fourth-order valence-electron chi connectivity index (χ4n) is 1.84. The maximum atomic E-state index is 13.0. The van der Waals surface area contributed by atoms with Crippen LogP contribution in [0.25, 0.3) is 0 Å². The Kier molecular flexibility index (Phi) is 5.12. The molecule has 0 aliphatic rings. The van der Waals surface area contributed by atoms with Gasteiger partial charge in [-0.15, -0.1) is 0 Å². The van der Waals surface area contributed by atoms with Crippen LogP contribution < -0.4 is 5.32 Å². The van der Waals surface area contributed by atoms with Crippen LogP contribution >= 0.6 is 11.6 Å². The number of halogens is 2. The van der Waals surface area contributed by atoms with Gasteiger partial charge in [-0.1, -0.05) is 30.7 Å². The van der Waals surface area contributed by atoms with Gasteiger partial charge in [-0.25, -0.2) is 4.39 Å². The molecule has 0 bridgehead atoms. The molecule has 104 valence electrons. The Morgan fingerprint density at radius 2 is 2.11 bits per heavy atom. The highest BCUT2D eigenvalue weighted by molar-refractivity contribution is 6.31. The van der Waals surface area contributed by atoms with Crippen LogP contribution in [0.2, 0.25) is 5.02 Å². The zero-order valence-electron chi connectivity index (χ0n) is 11.7. The van der Waals surface area contributed by atoms with Crippen molar-refractivity contribution in [2.45, 2.75) is 39.7 Å². The summed E-state index contributed by atoms with van der Waals surface area (Å²) in [6, 6.07) is 4.18. The molecule has 0 fully saturated rings. The predicted octanol–water partition coefficient (Wildman–Crippen LogP) is 4.19. The number of nitrogens with one attached hydrogen (secondary N) is 1. The van der Waals surface area contributed by atoms with Crippen molar-refractivity contribution in [3.05, 3.63) is 46.3 Å². The first-order valence-electron chi connectivity index (χ1n) is 6.22. The Bertz CT molecular complexity index is 509. The lowest BCUT2D eigenvalue weighted by Gasteiger charge is -2.28. The number of carbonyl (C=O) groups is 1. The molecule has 2 nitrogen and oxygen atoms in total. The number of rotatable bonds is 4. The molecule has 1 amide bonds. The van der Waals surface area contributed by atoms with Gasteiger partial charge in [0.1, 0.15) is 5.82 Å². The predicted molar refractivity (Wildman–Crippen MR) is 76.6 cm³/mol. The van der Waals surface area contributed by atoms with Gasteiger partial charge in [-0.2, -0.15) is 0 Å². The highest BCUT2D eigenvalue weighted by Gasteiger charge is 2.25. The Hall–Kier alpha value is -1.35. The minimum absolute atomic E-state index is 0.146. The summed E-state index contributed by atoms with van der Waals surface area (Å²) >= 11 is 6.03. The molecule has 0 unspecified atom stereocenters. The largest absolute Gasteiger partial charge is 0.343 e. The van der Waals surface area contributed by atoms with E-state index in [1.807, 2.05) is 26.8 Å². The first-order valence-corrected chi connectivity index (χ1v) is 6.60. The van der Waals surface area contributed by atoms with Crippen molar-refractivity contribution in [1.29, 1.82) is 0 Å². The van der Waals surface area contributed by atoms with Gasteiger partial charge in [0.25, 0.3) is 0 Å². The molecule has 4 heteroatoms. The number of hydrogen-bond acceptors (Lipinski definition) is 1. The smallest absolute Gasteiger partial charge is 0.247 e. The van der Waals surface area contributed by atoms with Gasteiger partial charge in [0.05, 0.1) is 5.54 Å². The van der Waals surface area contributed by atoms with Crippen molar-refractivity contribution in [3.63, 3.8) is 0 Å². The summed E-state index contributed by atoms with van der Waals surface area (Å²) in [7, 11) is 0. The van der Waals surface area contributed by atoms with Crippen molar-refractivity contribution in [1.82, 2.24) is 5.32 Å². The number of amides is 1. The molecule has 19 heavy (non-hydrogen) atoms. The lowest BCUT2D eigenvalue weighted by molar-refractivity contribution is -0.119. The second-order valence-electron chi connectivity index (χ2n) is 5.00. The second-order valence-corrected chi connectivity index (χ2v) is 5.41. The fourth-order valence-corrected chi connectivity index (χ4v) is 2.25. The molecule has 0 aromatic heterocycles. The van der Waals surface area contributed by atoms with Gasteiger partial charge in [0.15, 0.2) is 0 Å². The minimum Gasteiger partial charge on any atom is -0.343 e. The standard InChI is InChI=1S/C15H19ClFNO/c1-5-6-10(2)14(19)18-15(3,4)12-8-7-11(17)9-13(12)16/h6-9H,5H2,1-4H3,(H,18,19)/b10-6-. The Balaban J connectivity index is 2.98. The van der Waals surface area contributed by atoms with Crippen molar-refractivity contribution in [3.8, 4) is 0 Å². The molecule has 1 aromatic carbocycles. The van der Waals surface area contributed by atoms with E-state index in [0.717, 1.165) is 6.42 Å². The summed E-state index contributed by atoms with van der Waals surface area (Å²) in [5.74, 6) is -0.537. The van der Waals surface area contributed by atoms with Gasteiger partial charge in [-0.3, -0.25) is 4.79 Å². The molecule has 0 spiro atoms. The van der Waals surface area contributed by atoms with Gasteiger partial charge >= 0.3 is 0 Å². The lowest BCUT2D eigenvalue weighted by Crippen LogP contribution is -2.41. The molecular weight excluding hydrogens is 265 g/mol. The van der Waals surface area contributed by atoms with E-state index in [2.05, 4.69) is 5.32 Å². The van der Waals surface area contributed by atoms with Crippen molar-refractivity contribution in [2.75, 3.05) is 0 Å². The zero-order chi connectivity index (χ0) is 14.6. The average molecular weight is 284 g/mol. The summed E-state index contributed by atoms with van der Waals surface area (Å²) in [5, 5.41) is 3.21. The van der Waals surface area contributed by atoms with Crippen molar-refractivity contribution < 1.29 is 9.18 Å². The zero-order valence-corrected chi connectivity index (χ0v) is 12.4. The normalized spacial score (nSPS) is 12.4. The molecule has 0 aliphatic carbocycles. The van der Waals surface area contributed by atoms with Crippen LogP contribution in [0.15, 0.2) is 29.8 Å². The van der Waals surface area contributed by atoms with E-state index >= 15 is 0 Å². The first kappa shape index (κ1) is 15.7. The van der Waals surface area contributed by atoms with E-state index in [4.69, 9.17) is 11.6 Å². The van der Waals surface area contributed by atoms with Gasteiger partial charge < -0.3 is 5.32 Å². The number of benzene rings is 1. The van der Waals surface area contributed by atoms with Crippen LogP contribution in [0.1, 0.15) is 39.7 Å². The summed E-state index contributed by atoms with van der Waals surface area (Å²) in [6.45, 7) is 7.41. The molecule has 0 saturated heterocycles. The van der Waals surface area contributed by atoms with Crippen LogP contribution in [0, 0.1) is 5.82 Å². The van der Waals surface area contributed by atoms with Crippen LogP contribution in [0.5, 0.6) is 0 Å². The lowest BCUT2D eigenvalue weighted by atomic mass is 9.93. The summed E-state index contributed by atoms with van der Waals surface area (Å²) in [4.78, 5) is 12.0. The topological polar surface area (TPSA) is 29.1 Å². The maximum Gasteiger partial charge on any atom is 0.247 e. The Labute approximate surface area is 118 Å². The molecular formula is C15H19ClFNO. The highest BCUT2D eigenvalue weighted by Crippen LogP contribution is 2.28. The number of carbonyl (C=O) groups excluding carboxylic acids is 1. The Morgan fingerprint density at radius 1 is 1.47 bits per heavy atom. The van der Waals surface area contributed by atoms with E-state index < -0.39 is 11.4 Å². The molecule has 0 heterocycles. The summed E-state index contributed by atoms with van der Waals surface area (Å²) in [6.07, 6.45) is 2.66. The van der Waals surface area contributed by atoms with Crippen molar-refractivity contribution in [2.24, 2.45) is 0 Å². The van der Waals surface area contributed by atoms with Crippen LogP contribution in [-0.4, -0.2) is 5.91 Å². The minimum atomic E-state index is -0.662. The third-order valence-corrected chi connectivity index (χ3v) is 3.21. The molecule has 0 aliphatic heterocycles. The number of allylic oxidation sites excluding steroid dienone is 1. The quantitative estimate of drug-likeness (QED) is 0.825. The van der Waals surface area contributed by atoms with E-state index in [9.17, 15) is 9.18 Å². The second kappa shape index (κ2) is 6.20. The van der Waals surface area contributed by atoms with E-state index in [0.29, 0.717) is 16.2 Å². The van der Waals surface area contributed by atoms with Gasteiger partial charge in [0.2, 0.25) is 5.91 Å². The van der Waals surface area contributed by atoms with Crippen LogP contribution in [-0.2, 0) is 10.3 Å². The molecule has 0 radical (unpaired) electrons. The van der Waals surface area contributed by atoms with E-state index in [1.165, 1.54) is 12.1 Å². The molecule has 1 rings (SSSR count). The third kappa shape index (κ3) is 4.06. The third-order valence-electron chi connectivity index (χ3n) is 2.90. The monoisotopic (exact) mass is 283 g/mol. The molecule has 0 saturated carbocycles. The SMILES string of the molecule is CC/C=C(/C)C(=O)NC(C)(C)c1ccc(F)cc1Cl. The van der Waals surface area contributed by atoms with Crippen LogP contribution in [0.4, 0.5) is 4.39 Å². The highest BCUT2D eigenvalue weighted by atomic mass is 35.5. The first-order chi connectivity index (χ1) is 8.77. The fraction of sp³-hybridized carbons (Fsp3) is 0.400. The van der Waals surface area contributed by atoms with Crippen LogP contribution in [0.3, 0.4) is 0 Å². The van der Waals surface area contributed by atoms with Crippen molar-refractivity contribution >= 4 is 17.5 Å². The van der Waals surface area contributed by atoms with Gasteiger partial charge in [-0.05, 0) is 44.9 Å². The molecule has 1 aromatic rings. The van der Waals surface area contributed by atoms with Gasteiger partial charge in [0, 0.05) is 10.6 Å². The molecule has 1 N–H and O–H groups in total. The number of hydrogen-bond donors (Lipinski definition) is 1. The average Bonchev–Trinajstić information content (AvgIpc) is 2.27. The maximum absolute atomic E-state index is 13.0.